The Morgan fingerprint density at radius 3 is 2.67 bits per heavy atom. The largest absolute Gasteiger partial charge is 0.376 e. The Morgan fingerprint density at radius 1 is 1.33 bits per heavy atom. The van der Waals surface area contributed by atoms with Gasteiger partial charge in [-0.25, -0.2) is 0 Å². The van der Waals surface area contributed by atoms with E-state index >= 15 is 0 Å². The van der Waals surface area contributed by atoms with Crippen molar-refractivity contribution in [3.05, 3.63) is 41.8 Å². The predicted octanol–water partition coefficient (Wildman–Crippen LogP) is 2.30. The average molecular weight is 245 g/mol. The number of nitrogens with zero attached hydrogens (tertiary/aromatic N) is 2. The molecule has 5 nitrogen and oxygen atoms in total. The number of carbonyl (C=O) groups is 1. The third-order valence-electron chi connectivity index (χ3n) is 2.49. The molecule has 0 aliphatic rings. The van der Waals surface area contributed by atoms with Crippen LogP contribution >= 0.6 is 0 Å². The molecule has 5 heteroatoms. The fourth-order valence-electron chi connectivity index (χ4n) is 1.62. The molecule has 0 atom stereocenters. The van der Waals surface area contributed by atoms with Crippen LogP contribution in [0.15, 0.2) is 34.9 Å². The van der Waals surface area contributed by atoms with Crippen molar-refractivity contribution in [3.8, 4) is 0 Å². The van der Waals surface area contributed by atoms with Gasteiger partial charge in [0.05, 0.1) is 17.1 Å². The van der Waals surface area contributed by atoms with Gasteiger partial charge in [-0.2, -0.15) is 0 Å². The number of benzene rings is 1. The molecule has 1 aromatic heterocycles. The van der Waals surface area contributed by atoms with Crippen LogP contribution < -0.4 is 10.2 Å². The van der Waals surface area contributed by atoms with Crippen molar-refractivity contribution in [2.24, 2.45) is 0 Å². The molecule has 94 valence electrons. The van der Waals surface area contributed by atoms with Crippen LogP contribution in [0.3, 0.4) is 0 Å². The van der Waals surface area contributed by atoms with E-state index in [0.29, 0.717) is 5.69 Å². The minimum absolute atomic E-state index is 0.209. The van der Waals surface area contributed by atoms with Crippen molar-refractivity contribution in [1.82, 2.24) is 5.16 Å². The first-order chi connectivity index (χ1) is 8.58. The Labute approximate surface area is 105 Å². The van der Waals surface area contributed by atoms with Crippen molar-refractivity contribution < 1.29 is 9.32 Å². The zero-order valence-corrected chi connectivity index (χ0v) is 10.6. The van der Waals surface area contributed by atoms with E-state index in [1.807, 2.05) is 43.3 Å². The van der Waals surface area contributed by atoms with Gasteiger partial charge in [0, 0.05) is 20.2 Å². The maximum atomic E-state index is 11.9. The van der Waals surface area contributed by atoms with E-state index in [0.717, 1.165) is 11.4 Å². The van der Waals surface area contributed by atoms with E-state index < -0.39 is 0 Å². The molecule has 0 aliphatic carbocycles. The van der Waals surface area contributed by atoms with Crippen molar-refractivity contribution in [2.75, 3.05) is 24.3 Å². The molecule has 0 saturated heterocycles. The van der Waals surface area contributed by atoms with Gasteiger partial charge >= 0.3 is 0 Å². The first-order valence-corrected chi connectivity index (χ1v) is 5.59. The molecule has 0 unspecified atom stereocenters. The summed E-state index contributed by atoms with van der Waals surface area (Å²) in [7, 11) is 3.84. The van der Waals surface area contributed by atoms with Crippen LogP contribution in [0.2, 0.25) is 0 Å². The lowest BCUT2D eigenvalue weighted by Crippen LogP contribution is -2.16. The zero-order chi connectivity index (χ0) is 13.1. The molecule has 0 spiro atoms. The van der Waals surface area contributed by atoms with Gasteiger partial charge in [0.15, 0.2) is 0 Å². The Bertz CT molecular complexity index is 561. The van der Waals surface area contributed by atoms with Crippen LogP contribution in [0.25, 0.3) is 0 Å². The number of anilines is 2. The fraction of sp³-hybridized carbons (Fsp3) is 0.231. The molecule has 1 amide bonds. The molecule has 18 heavy (non-hydrogen) atoms. The number of aromatic nitrogens is 1. The lowest BCUT2D eigenvalue weighted by atomic mass is 10.2. The van der Waals surface area contributed by atoms with Crippen molar-refractivity contribution in [1.29, 1.82) is 0 Å². The summed E-state index contributed by atoms with van der Waals surface area (Å²) in [5, 5.41) is 6.50. The zero-order valence-electron chi connectivity index (χ0n) is 10.6. The Balaban J connectivity index is 2.22. The topological polar surface area (TPSA) is 58.4 Å². The van der Waals surface area contributed by atoms with Crippen molar-refractivity contribution >= 4 is 17.3 Å². The van der Waals surface area contributed by atoms with E-state index in [1.54, 1.807) is 13.0 Å². The van der Waals surface area contributed by atoms with Crippen LogP contribution in [-0.2, 0) is 0 Å². The highest BCUT2D eigenvalue weighted by atomic mass is 16.5. The summed E-state index contributed by atoms with van der Waals surface area (Å²) in [4.78, 5) is 13.9. The van der Waals surface area contributed by atoms with Crippen LogP contribution in [-0.4, -0.2) is 25.2 Å². The maximum absolute atomic E-state index is 11.9. The third kappa shape index (κ3) is 2.51. The molecule has 0 radical (unpaired) electrons. The summed E-state index contributed by atoms with van der Waals surface area (Å²) in [6.45, 7) is 1.77. The summed E-state index contributed by atoms with van der Waals surface area (Å²) in [5.41, 5.74) is 2.35. The number of para-hydroxylation sites is 2. The lowest BCUT2D eigenvalue weighted by Gasteiger charge is -2.17. The highest BCUT2D eigenvalue weighted by Crippen LogP contribution is 2.24. The number of amides is 1. The minimum atomic E-state index is -0.301. The quantitative estimate of drug-likeness (QED) is 0.901. The van der Waals surface area contributed by atoms with Gasteiger partial charge in [0.25, 0.3) is 5.91 Å². The highest BCUT2D eigenvalue weighted by Gasteiger charge is 2.13. The van der Waals surface area contributed by atoms with E-state index in [-0.39, 0.29) is 11.7 Å². The first kappa shape index (κ1) is 12.2. The van der Waals surface area contributed by atoms with Crippen LogP contribution in [0.4, 0.5) is 11.4 Å². The fourth-order valence-corrected chi connectivity index (χ4v) is 1.62. The Hall–Kier alpha value is -2.30. The second-order valence-electron chi connectivity index (χ2n) is 4.20. The Kier molecular flexibility index (Phi) is 3.32. The molecular weight excluding hydrogens is 230 g/mol. The minimum Gasteiger partial charge on any atom is -0.376 e. The van der Waals surface area contributed by atoms with Gasteiger partial charge in [-0.3, -0.25) is 4.79 Å². The number of rotatable bonds is 3. The highest BCUT2D eigenvalue weighted by molar-refractivity contribution is 6.04. The SMILES string of the molecule is Cc1cc(C(=O)Nc2ccccc2N(C)C)on1. The predicted molar refractivity (Wildman–Crippen MR) is 70.0 cm³/mol. The van der Waals surface area contributed by atoms with Crippen LogP contribution in [0.1, 0.15) is 16.2 Å². The van der Waals surface area contributed by atoms with Gasteiger partial charge in [-0.15, -0.1) is 0 Å². The number of hydrogen-bond donors (Lipinski definition) is 1. The van der Waals surface area contributed by atoms with Crippen LogP contribution in [0, 0.1) is 6.92 Å². The molecule has 0 aliphatic heterocycles. The van der Waals surface area contributed by atoms with E-state index in [9.17, 15) is 4.79 Å². The van der Waals surface area contributed by atoms with Crippen LogP contribution in [0.5, 0.6) is 0 Å². The number of carbonyl (C=O) groups excluding carboxylic acids is 1. The summed E-state index contributed by atoms with van der Waals surface area (Å²) in [5.74, 6) is -0.0917. The summed E-state index contributed by atoms with van der Waals surface area (Å²) in [6, 6.07) is 9.17. The number of nitrogens with one attached hydrogen (secondary N) is 1. The number of hydrogen-bond acceptors (Lipinski definition) is 4. The maximum Gasteiger partial charge on any atom is 0.294 e. The Morgan fingerprint density at radius 2 is 2.06 bits per heavy atom. The monoisotopic (exact) mass is 245 g/mol. The van der Waals surface area contributed by atoms with Crippen molar-refractivity contribution in [2.45, 2.75) is 6.92 Å². The normalized spacial score (nSPS) is 10.2. The van der Waals surface area contributed by atoms with Gasteiger partial charge in [-0.1, -0.05) is 17.3 Å². The van der Waals surface area contributed by atoms with Gasteiger partial charge in [0.2, 0.25) is 5.76 Å². The molecule has 1 heterocycles. The average Bonchev–Trinajstić information content (AvgIpc) is 2.76. The molecule has 0 bridgehead atoms. The standard InChI is InChI=1S/C13H15N3O2/c1-9-8-12(18-15-9)13(17)14-10-6-4-5-7-11(10)16(2)3/h4-8H,1-3H3,(H,14,17). The third-order valence-corrected chi connectivity index (χ3v) is 2.49. The smallest absolute Gasteiger partial charge is 0.294 e. The van der Waals surface area contributed by atoms with Gasteiger partial charge in [-0.05, 0) is 19.1 Å². The summed E-state index contributed by atoms with van der Waals surface area (Å²) >= 11 is 0. The molecular formula is C13H15N3O2. The first-order valence-electron chi connectivity index (χ1n) is 5.59. The molecule has 2 rings (SSSR count). The van der Waals surface area contributed by atoms with E-state index in [1.165, 1.54) is 0 Å². The second-order valence-corrected chi connectivity index (χ2v) is 4.20. The molecule has 0 saturated carbocycles. The van der Waals surface area contributed by atoms with E-state index in [2.05, 4.69) is 10.5 Å². The molecule has 0 fully saturated rings. The van der Waals surface area contributed by atoms with Gasteiger partial charge in [0.1, 0.15) is 0 Å². The molecule has 1 aromatic carbocycles. The summed E-state index contributed by atoms with van der Waals surface area (Å²) in [6.07, 6.45) is 0. The van der Waals surface area contributed by atoms with Crippen molar-refractivity contribution in [3.63, 3.8) is 0 Å². The summed E-state index contributed by atoms with van der Waals surface area (Å²) < 4.78 is 4.92. The lowest BCUT2D eigenvalue weighted by molar-refractivity contribution is 0.0988. The number of aryl methyl sites for hydroxylation is 1. The second kappa shape index (κ2) is 4.91. The molecule has 1 N–H and O–H groups in total. The molecule has 2 aromatic rings. The van der Waals surface area contributed by atoms with E-state index in [4.69, 9.17) is 4.52 Å². The van der Waals surface area contributed by atoms with Gasteiger partial charge < -0.3 is 14.7 Å².